The lowest BCUT2D eigenvalue weighted by Gasteiger charge is -2.18. The number of nitrogens with zero attached hydrogens (tertiary/aromatic N) is 3. The number of pyridine rings is 1. The second-order valence-corrected chi connectivity index (χ2v) is 6.52. The maximum absolute atomic E-state index is 12.7. The Balaban J connectivity index is 1.55. The van der Waals surface area contributed by atoms with E-state index < -0.39 is 0 Å². The summed E-state index contributed by atoms with van der Waals surface area (Å²) in [6.45, 7) is 0.465. The molecule has 2 amide bonds. The number of carbonyl (C=O) groups excluding carboxylic acids is 1. The first-order valence-electron chi connectivity index (χ1n) is 8.65. The number of hydrogen-bond donors (Lipinski definition) is 2. The lowest BCUT2D eigenvalue weighted by molar-refractivity contribution is 0.220. The second-order valence-electron chi connectivity index (χ2n) is 6.52. The van der Waals surface area contributed by atoms with Crippen molar-refractivity contribution in [3.8, 4) is 5.75 Å². The lowest BCUT2D eigenvalue weighted by Crippen LogP contribution is -2.31. The molecular formula is C19H21N5O2. The highest BCUT2D eigenvalue weighted by Crippen LogP contribution is 2.28. The first-order chi connectivity index (χ1) is 12.7. The zero-order valence-corrected chi connectivity index (χ0v) is 14.9. The van der Waals surface area contributed by atoms with Crippen molar-refractivity contribution in [3.05, 3.63) is 47.4 Å². The third-order valence-corrected chi connectivity index (χ3v) is 4.78. The molecule has 0 radical (unpaired) electrons. The van der Waals surface area contributed by atoms with E-state index in [2.05, 4.69) is 20.5 Å². The van der Waals surface area contributed by atoms with Crippen LogP contribution >= 0.6 is 0 Å². The van der Waals surface area contributed by atoms with Gasteiger partial charge in [0.1, 0.15) is 5.75 Å². The van der Waals surface area contributed by atoms with Gasteiger partial charge in [-0.2, -0.15) is 5.10 Å². The van der Waals surface area contributed by atoms with Crippen LogP contribution in [0.15, 0.2) is 30.5 Å². The SMILES string of the molecule is COc1cc(NC(=O)N(C)Cc2n[nH]c3c2CCC3)c2ncccc2c1. The fourth-order valence-electron chi connectivity index (χ4n) is 3.40. The Morgan fingerprint density at radius 2 is 2.27 bits per heavy atom. The Bertz CT molecular complexity index is 966. The summed E-state index contributed by atoms with van der Waals surface area (Å²) in [7, 11) is 3.37. The lowest BCUT2D eigenvalue weighted by atomic mass is 10.1. The Labute approximate surface area is 151 Å². The molecule has 7 nitrogen and oxygen atoms in total. The second kappa shape index (κ2) is 6.67. The van der Waals surface area contributed by atoms with E-state index in [1.807, 2.05) is 18.2 Å². The summed E-state index contributed by atoms with van der Waals surface area (Å²) in [4.78, 5) is 18.7. The fraction of sp³-hybridized carbons (Fsp3) is 0.316. The minimum atomic E-state index is -0.208. The number of carbonyl (C=O) groups is 1. The molecule has 134 valence electrons. The van der Waals surface area contributed by atoms with Gasteiger partial charge in [-0.1, -0.05) is 6.07 Å². The Morgan fingerprint density at radius 1 is 1.38 bits per heavy atom. The van der Waals surface area contributed by atoms with Gasteiger partial charge in [0.15, 0.2) is 0 Å². The highest BCUT2D eigenvalue weighted by atomic mass is 16.5. The van der Waals surface area contributed by atoms with Crippen molar-refractivity contribution in [2.45, 2.75) is 25.8 Å². The van der Waals surface area contributed by atoms with Crippen molar-refractivity contribution in [1.82, 2.24) is 20.1 Å². The summed E-state index contributed by atoms with van der Waals surface area (Å²) in [5.41, 5.74) is 4.78. The van der Waals surface area contributed by atoms with Crippen molar-refractivity contribution in [2.24, 2.45) is 0 Å². The average Bonchev–Trinajstić information content (AvgIpc) is 3.26. The first kappa shape index (κ1) is 16.4. The Morgan fingerprint density at radius 3 is 3.12 bits per heavy atom. The molecule has 1 aliphatic carbocycles. The van der Waals surface area contributed by atoms with E-state index in [-0.39, 0.29) is 6.03 Å². The van der Waals surface area contributed by atoms with Crippen molar-refractivity contribution in [3.63, 3.8) is 0 Å². The molecule has 0 saturated heterocycles. The third-order valence-electron chi connectivity index (χ3n) is 4.78. The number of aromatic amines is 1. The molecule has 0 atom stereocenters. The van der Waals surface area contributed by atoms with Crippen LogP contribution in [0, 0.1) is 0 Å². The van der Waals surface area contributed by atoms with Crippen LogP contribution in [0.2, 0.25) is 0 Å². The summed E-state index contributed by atoms with van der Waals surface area (Å²) >= 11 is 0. The van der Waals surface area contributed by atoms with Crippen LogP contribution in [0.25, 0.3) is 10.9 Å². The molecule has 0 bridgehead atoms. The highest BCUT2D eigenvalue weighted by Gasteiger charge is 2.21. The average molecular weight is 351 g/mol. The van der Waals surface area contributed by atoms with Gasteiger partial charge in [-0.25, -0.2) is 4.79 Å². The molecule has 0 unspecified atom stereocenters. The zero-order chi connectivity index (χ0) is 18.1. The molecule has 2 heterocycles. The van der Waals surface area contributed by atoms with E-state index >= 15 is 0 Å². The highest BCUT2D eigenvalue weighted by molar-refractivity contribution is 6.00. The molecule has 2 aromatic heterocycles. The van der Waals surface area contributed by atoms with Gasteiger partial charge in [0, 0.05) is 30.4 Å². The van der Waals surface area contributed by atoms with Crippen molar-refractivity contribution in [2.75, 3.05) is 19.5 Å². The number of hydrogen-bond acceptors (Lipinski definition) is 4. The maximum Gasteiger partial charge on any atom is 0.322 e. The van der Waals surface area contributed by atoms with Crippen molar-refractivity contribution in [1.29, 1.82) is 0 Å². The molecule has 1 aliphatic rings. The molecular weight excluding hydrogens is 330 g/mol. The van der Waals surface area contributed by atoms with E-state index in [0.717, 1.165) is 35.9 Å². The van der Waals surface area contributed by atoms with Crippen LogP contribution in [-0.4, -0.2) is 40.3 Å². The quantitative estimate of drug-likeness (QED) is 0.756. The number of aryl methyl sites for hydroxylation is 1. The molecule has 2 N–H and O–H groups in total. The summed E-state index contributed by atoms with van der Waals surface area (Å²) in [6, 6.07) is 7.27. The van der Waals surface area contributed by atoms with Crippen LogP contribution in [-0.2, 0) is 19.4 Å². The molecule has 0 spiro atoms. The molecule has 0 saturated carbocycles. The topological polar surface area (TPSA) is 83.1 Å². The predicted octanol–water partition coefficient (Wildman–Crippen LogP) is 3.12. The van der Waals surface area contributed by atoms with E-state index in [1.165, 1.54) is 11.3 Å². The standard InChI is InChI=1S/C19H21N5O2/c1-24(11-17-14-6-3-7-15(14)22-23-17)19(25)21-16-10-13(26-2)9-12-5-4-8-20-18(12)16/h4-5,8-10H,3,6-7,11H2,1-2H3,(H,21,25)(H,22,23). The largest absolute Gasteiger partial charge is 0.497 e. The van der Waals surface area contributed by atoms with Crippen LogP contribution < -0.4 is 10.1 Å². The molecule has 26 heavy (non-hydrogen) atoms. The van der Waals surface area contributed by atoms with Gasteiger partial charge in [-0.3, -0.25) is 10.1 Å². The van der Waals surface area contributed by atoms with E-state index in [4.69, 9.17) is 4.74 Å². The summed E-state index contributed by atoms with van der Waals surface area (Å²) in [6.07, 6.45) is 4.93. The summed E-state index contributed by atoms with van der Waals surface area (Å²) in [5.74, 6) is 0.675. The molecule has 1 aromatic carbocycles. The van der Waals surface area contributed by atoms with Crippen LogP contribution in [0.4, 0.5) is 10.5 Å². The maximum atomic E-state index is 12.7. The van der Waals surface area contributed by atoms with Crippen LogP contribution in [0.5, 0.6) is 5.75 Å². The number of anilines is 1. The van der Waals surface area contributed by atoms with Gasteiger partial charge < -0.3 is 15.0 Å². The van der Waals surface area contributed by atoms with Gasteiger partial charge in [0.25, 0.3) is 0 Å². The smallest absolute Gasteiger partial charge is 0.322 e. The first-order valence-corrected chi connectivity index (χ1v) is 8.65. The number of aromatic nitrogens is 3. The van der Waals surface area contributed by atoms with Gasteiger partial charge in [-0.05, 0) is 37.0 Å². The molecule has 0 fully saturated rings. The summed E-state index contributed by atoms with van der Waals surface area (Å²) < 4.78 is 5.33. The fourth-order valence-corrected chi connectivity index (χ4v) is 3.40. The van der Waals surface area contributed by atoms with Crippen LogP contribution in [0.1, 0.15) is 23.4 Å². The summed E-state index contributed by atoms with van der Waals surface area (Å²) in [5, 5.41) is 11.3. The molecule has 0 aliphatic heterocycles. The number of H-pyrrole nitrogens is 1. The monoisotopic (exact) mass is 351 g/mol. The number of rotatable bonds is 4. The number of methoxy groups -OCH3 is 1. The van der Waals surface area contributed by atoms with Crippen molar-refractivity contribution >= 4 is 22.6 Å². The predicted molar refractivity (Wildman–Crippen MR) is 99.4 cm³/mol. The van der Waals surface area contributed by atoms with Gasteiger partial charge in [0.05, 0.1) is 30.6 Å². The van der Waals surface area contributed by atoms with Gasteiger partial charge >= 0.3 is 6.03 Å². The van der Waals surface area contributed by atoms with Gasteiger partial charge in [0.2, 0.25) is 0 Å². The van der Waals surface area contributed by atoms with E-state index in [0.29, 0.717) is 18.0 Å². The number of benzene rings is 1. The minimum absolute atomic E-state index is 0.208. The number of urea groups is 1. The number of amides is 2. The zero-order valence-electron chi connectivity index (χ0n) is 14.9. The minimum Gasteiger partial charge on any atom is -0.497 e. The van der Waals surface area contributed by atoms with Crippen molar-refractivity contribution < 1.29 is 9.53 Å². The Hall–Kier alpha value is -3.09. The normalized spacial score (nSPS) is 12.8. The number of ether oxygens (including phenoxy) is 1. The van der Waals surface area contributed by atoms with E-state index in [9.17, 15) is 4.79 Å². The molecule has 3 aromatic rings. The van der Waals surface area contributed by atoms with Gasteiger partial charge in [-0.15, -0.1) is 0 Å². The molecule has 7 heteroatoms. The van der Waals surface area contributed by atoms with Crippen LogP contribution in [0.3, 0.4) is 0 Å². The third kappa shape index (κ3) is 2.96. The molecule has 4 rings (SSSR count). The number of fused-ring (bicyclic) bond motifs is 2. The van der Waals surface area contributed by atoms with E-state index in [1.54, 1.807) is 31.3 Å². The number of nitrogens with one attached hydrogen (secondary N) is 2. The Kier molecular flexibility index (Phi) is 4.20.